The summed E-state index contributed by atoms with van der Waals surface area (Å²) >= 11 is 0. The lowest BCUT2D eigenvalue weighted by molar-refractivity contribution is 0.203. The molecule has 0 aliphatic rings. The van der Waals surface area contributed by atoms with Gasteiger partial charge in [0.15, 0.2) is 5.96 Å². The van der Waals surface area contributed by atoms with Crippen molar-refractivity contribution < 1.29 is 14.2 Å². The zero-order valence-corrected chi connectivity index (χ0v) is 15.3. The first-order valence-corrected chi connectivity index (χ1v) is 6.39. The fourth-order valence-electron chi connectivity index (χ4n) is 1.67. The van der Waals surface area contributed by atoms with E-state index in [0.717, 1.165) is 23.0 Å². The van der Waals surface area contributed by atoms with Crippen molar-refractivity contribution in [1.29, 1.82) is 0 Å². The monoisotopic (exact) mass is 409 g/mol. The molecule has 0 bridgehead atoms. The summed E-state index contributed by atoms with van der Waals surface area (Å²) in [5, 5.41) is 6.37. The second-order valence-electron chi connectivity index (χ2n) is 4.02. The van der Waals surface area contributed by atoms with Gasteiger partial charge in [0.2, 0.25) is 0 Å². The van der Waals surface area contributed by atoms with Crippen LogP contribution in [0.3, 0.4) is 0 Å². The zero-order chi connectivity index (χ0) is 14.8. The van der Waals surface area contributed by atoms with Crippen LogP contribution in [0.2, 0.25) is 0 Å². The molecule has 0 radical (unpaired) electrons. The summed E-state index contributed by atoms with van der Waals surface area (Å²) in [7, 11) is 6.67. The van der Waals surface area contributed by atoms with Gasteiger partial charge in [-0.1, -0.05) is 0 Å². The molecule has 0 spiro atoms. The maximum Gasteiger partial charge on any atom is 0.191 e. The number of hydrogen-bond acceptors (Lipinski definition) is 4. The zero-order valence-electron chi connectivity index (χ0n) is 12.9. The van der Waals surface area contributed by atoms with E-state index in [1.807, 2.05) is 18.2 Å². The summed E-state index contributed by atoms with van der Waals surface area (Å²) in [6.07, 6.45) is 0. The van der Waals surface area contributed by atoms with Crippen LogP contribution in [0.4, 0.5) is 0 Å². The number of rotatable bonds is 7. The van der Waals surface area contributed by atoms with Crippen molar-refractivity contribution in [1.82, 2.24) is 10.6 Å². The fourth-order valence-corrected chi connectivity index (χ4v) is 1.67. The predicted octanol–water partition coefficient (Wildman–Crippen LogP) is 1.63. The molecular formula is C14H24IN3O3. The number of benzene rings is 1. The quantitative estimate of drug-likeness (QED) is 0.310. The highest BCUT2D eigenvalue weighted by molar-refractivity contribution is 14.0. The highest BCUT2D eigenvalue weighted by Crippen LogP contribution is 2.24. The molecule has 120 valence electrons. The average Bonchev–Trinajstić information content (AvgIpc) is 2.50. The molecule has 21 heavy (non-hydrogen) atoms. The smallest absolute Gasteiger partial charge is 0.191 e. The van der Waals surface area contributed by atoms with Gasteiger partial charge in [0.1, 0.15) is 11.5 Å². The van der Waals surface area contributed by atoms with E-state index < -0.39 is 0 Å². The lowest BCUT2D eigenvalue weighted by atomic mass is 10.2. The molecular weight excluding hydrogens is 385 g/mol. The summed E-state index contributed by atoms with van der Waals surface area (Å²) < 4.78 is 15.5. The van der Waals surface area contributed by atoms with E-state index in [-0.39, 0.29) is 24.0 Å². The third kappa shape index (κ3) is 6.85. The highest BCUT2D eigenvalue weighted by Gasteiger charge is 2.06. The minimum absolute atomic E-state index is 0. The Balaban J connectivity index is 0.00000400. The van der Waals surface area contributed by atoms with Crippen LogP contribution < -0.4 is 20.1 Å². The Morgan fingerprint density at radius 2 is 1.90 bits per heavy atom. The van der Waals surface area contributed by atoms with Gasteiger partial charge in [-0.3, -0.25) is 4.99 Å². The molecule has 1 aromatic rings. The Kier molecular flexibility index (Phi) is 10.8. The maximum absolute atomic E-state index is 5.35. The molecule has 7 heteroatoms. The molecule has 2 N–H and O–H groups in total. The topological polar surface area (TPSA) is 64.1 Å². The van der Waals surface area contributed by atoms with E-state index in [1.54, 1.807) is 28.4 Å². The molecule has 0 aliphatic heterocycles. The number of halogens is 1. The van der Waals surface area contributed by atoms with Gasteiger partial charge in [0.05, 0.1) is 20.8 Å². The first kappa shape index (κ1) is 19.8. The summed E-state index contributed by atoms with van der Waals surface area (Å²) in [5.74, 6) is 2.28. The number of guanidine groups is 1. The molecule has 0 saturated heterocycles. The number of methoxy groups -OCH3 is 3. The van der Waals surface area contributed by atoms with Crippen LogP contribution in [0.5, 0.6) is 11.5 Å². The van der Waals surface area contributed by atoms with Gasteiger partial charge in [-0.25, -0.2) is 0 Å². The van der Waals surface area contributed by atoms with Gasteiger partial charge >= 0.3 is 0 Å². The molecule has 6 nitrogen and oxygen atoms in total. The SMILES string of the molecule is CN=C(NCCOC)NCc1ccc(OC)cc1OC.I. The number of hydrogen-bond donors (Lipinski definition) is 2. The van der Waals surface area contributed by atoms with Gasteiger partial charge < -0.3 is 24.8 Å². The number of aliphatic imine (C=N–C) groups is 1. The second kappa shape index (κ2) is 11.4. The van der Waals surface area contributed by atoms with Crippen molar-refractivity contribution in [2.75, 3.05) is 41.5 Å². The van der Waals surface area contributed by atoms with Crippen molar-refractivity contribution in [3.8, 4) is 11.5 Å². The van der Waals surface area contributed by atoms with Crippen LogP contribution in [0, 0.1) is 0 Å². The van der Waals surface area contributed by atoms with Gasteiger partial charge in [-0.15, -0.1) is 24.0 Å². The normalized spacial score (nSPS) is 10.6. The van der Waals surface area contributed by atoms with Crippen molar-refractivity contribution in [3.63, 3.8) is 0 Å². The van der Waals surface area contributed by atoms with Crippen LogP contribution in [0.1, 0.15) is 5.56 Å². The third-order valence-corrected chi connectivity index (χ3v) is 2.76. The lowest BCUT2D eigenvalue weighted by Crippen LogP contribution is -2.38. The summed E-state index contributed by atoms with van der Waals surface area (Å²) in [5.41, 5.74) is 1.03. The number of ether oxygens (including phenoxy) is 3. The molecule has 0 aliphatic carbocycles. The van der Waals surface area contributed by atoms with Gasteiger partial charge in [0.25, 0.3) is 0 Å². The molecule has 0 unspecified atom stereocenters. The second-order valence-corrected chi connectivity index (χ2v) is 4.02. The Morgan fingerprint density at radius 3 is 2.48 bits per heavy atom. The Hall–Kier alpha value is -1.22. The van der Waals surface area contributed by atoms with Crippen molar-refractivity contribution >= 4 is 29.9 Å². The third-order valence-electron chi connectivity index (χ3n) is 2.76. The van der Waals surface area contributed by atoms with Crippen LogP contribution in [-0.4, -0.2) is 47.5 Å². The van der Waals surface area contributed by atoms with E-state index in [0.29, 0.717) is 19.7 Å². The predicted molar refractivity (Wildman–Crippen MR) is 95.0 cm³/mol. The van der Waals surface area contributed by atoms with E-state index >= 15 is 0 Å². The first-order valence-electron chi connectivity index (χ1n) is 6.39. The largest absolute Gasteiger partial charge is 0.497 e. The number of nitrogens with one attached hydrogen (secondary N) is 2. The summed E-state index contributed by atoms with van der Waals surface area (Å²) in [6.45, 7) is 1.95. The van der Waals surface area contributed by atoms with Crippen LogP contribution in [0.15, 0.2) is 23.2 Å². The highest BCUT2D eigenvalue weighted by atomic mass is 127. The molecule has 1 rings (SSSR count). The first-order chi connectivity index (χ1) is 9.74. The van der Waals surface area contributed by atoms with Crippen molar-refractivity contribution in [2.24, 2.45) is 4.99 Å². The van der Waals surface area contributed by atoms with Gasteiger partial charge in [0, 0.05) is 38.9 Å². The van der Waals surface area contributed by atoms with Gasteiger partial charge in [-0.05, 0) is 12.1 Å². The minimum atomic E-state index is 0. The summed E-state index contributed by atoms with van der Waals surface area (Å²) in [6, 6.07) is 5.73. The van der Waals surface area contributed by atoms with E-state index in [2.05, 4.69) is 15.6 Å². The van der Waals surface area contributed by atoms with Crippen LogP contribution in [0.25, 0.3) is 0 Å². The van der Waals surface area contributed by atoms with Crippen molar-refractivity contribution in [2.45, 2.75) is 6.54 Å². The summed E-state index contributed by atoms with van der Waals surface area (Å²) in [4.78, 5) is 4.14. The minimum Gasteiger partial charge on any atom is -0.497 e. The number of nitrogens with zero attached hydrogens (tertiary/aromatic N) is 1. The molecule has 0 heterocycles. The average molecular weight is 409 g/mol. The standard InChI is InChI=1S/C14H23N3O3.HI/c1-15-14(16-7-8-18-2)17-10-11-5-6-12(19-3)9-13(11)20-4;/h5-6,9H,7-8,10H2,1-4H3,(H2,15,16,17);1H. The van der Waals surface area contributed by atoms with E-state index in [9.17, 15) is 0 Å². The van der Waals surface area contributed by atoms with Crippen LogP contribution >= 0.6 is 24.0 Å². The fraction of sp³-hybridized carbons (Fsp3) is 0.500. The molecule has 1 aromatic carbocycles. The Bertz CT molecular complexity index is 441. The molecule has 0 atom stereocenters. The molecule has 0 fully saturated rings. The van der Waals surface area contributed by atoms with Crippen molar-refractivity contribution in [3.05, 3.63) is 23.8 Å². The molecule has 0 aromatic heterocycles. The molecule has 0 saturated carbocycles. The van der Waals surface area contributed by atoms with E-state index in [4.69, 9.17) is 14.2 Å². The van der Waals surface area contributed by atoms with E-state index in [1.165, 1.54) is 0 Å². The van der Waals surface area contributed by atoms with Gasteiger partial charge in [-0.2, -0.15) is 0 Å². The Morgan fingerprint density at radius 1 is 1.14 bits per heavy atom. The Labute approximate surface area is 143 Å². The lowest BCUT2D eigenvalue weighted by Gasteiger charge is -2.14. The van der Waals surface area contributed by atoms with Crippen LogP contribution in [-0.2, 0) is 11.3 Å². The maximum atomic E-state index is 5.35. The molecule has 0 amide bonds.